The van der Waals surface area contributed by atoms with Crippen LogP contribution in [0.4, 0.5) is 5.69 Å². The van der Waals surface area contributed by atoms with Gasteiger partial charge in [-0.3, -0.25) is 9.59 Å². The average molecular weight is 405 g/mol. The summed E-state index contributed by atoms with van der Waals surface area (Å²) in [5.74, 6) is -0.234. The van der Waals surface area contributed by atoms with E-state index < -0.39 is 11.5 Å². The molecule has 0 saturated carbocycles. The number of aromatic hydroxyl groups is 1. The standard InChI is InChI=1S/C21H25ClN2O4/c1-12(2)11-24-16-7-5-4-6-14(16)19(25)18(21(24)27)20(26)23-15-10-13(22)8-9-17(15)28-3/h8-10,12,25H,4-7,11H2,1-3H3,(H,23,26). The SMILES string of the molecule is COc1ccc(Cl)cc1NC(=O)c1c(O)c2c(n(CC(C)C)c1=O)CCCC2. The molecule has 1 aromatic carbocycles. The largest absolute Gasteiger partial charge is 0.507 e. The first-order valence-electron chi connectivity index (χ1n) is 9.45. The van der Waals surface area contributed by atoms with E-state index in [4.69, 9.17) is 16.3 Å². The molecule has 0 fully saturated rings. The Morgan fingerprint density at radius 1 is 1.32 bits per heavy atom. The molecular formula is C21H25ClN2O4. The second-order valence-corrected chi connectivity index (χ2v) is 7.90. The van der Waals surface area contributed by atoms with E-state index in [2.05, 4.69) is 5.32 Å². The molecule has 28 heavy (non-hydrogen) atoms. The highest BCUT2D eigenvalue weighted by Crippen LogP contribution is 2.32. The van der Waals surface area contributed by atoms with E-state index in [9.17, 15) is 14.7 Å². The van der Waals surface area contributed by atoms with Crippen LogP contribution in [0.5, 0.6) is 11.5 Å². The van der Waals surface area contributed by atoms with E-state index in [-0.39, 0.29) is 17.2 Å². The van der Waals surface area contributed by atoms with Crippen molar-refractivity contribution in [2.75, 3.05) is 12.4 Å². The molecule has 7 heteroatoms. The number of carbonyl (C=O) groups is 1. The van der Waals surface area contributed by atoms with Gasteiger partial charge in [0.15, 0.2) is 0 Å². The van der Waals surface area contributed by atoms with Gasteiger partial charge in [0.05, 0.1) is 12.8 Å². The van der Waals surface area contributed by atoms with Crippen molar-refractivity contribution >= 4 is 23.2 Å². The zero-order valence-electron chi connectivity index (χ0n) is 16.3. The Morgan fingerprint density at radius 2 is 2.04 bits per heavy atom. The molecule has 1 aliphatic carbocycles. The maximum Gasteiger partial charge on any atom is 0.267 e. The molecule has 0 aliphatic heterocycles. The highest BCUT2D eigenvalue weighted by atomic mass is 35.5. The molecule has 2 N–H and O–H groups in total. The van der Waals surface area contributed by atoms with Crippen molar-refractivity contribution in [1.82, 2.24) is 4.57 Å². The first-order valence-corrected chi connectivity index (χ1v) is 9.83. The third-order valence-electron chi connectivity index (χ3n) is 4.93. The molecule has 150 valence electrons. The molecule has 1 heterocycles. The predicted octanol–water partition coefficient (Wildman–Crippen LogP) is 4.00. The number of nitrogens with zero attached hydrogens (tertiary/aromatic N) is 1. The summed E-state index contributed by atoms with van der Waals surface area (Å²) in [6.45, 7) is 4.54. The number of halogens is 1. The summed E-state index contributed by atoms with van der Waals surface area (Å²) < 4.78 is 6.90. The summed E-state index contributed by atoms with van der Waals surface area (Å²) in [7, 11) is 1.48. The van der Waals surface area contributed by atoms with Crippen LogP contribution in [-0.4, -0.2) is 22.7 Å². The lowest BCUT2D eigenvalue weighted by atomic mass is 9.92. The van der Waals surface area contributed by atoms with Crippen LogP contribution in [0.15, 0.2) is 23.0 Å². The third kappa shape index (κ3) is 3.87. The number of hydrogen-bond acceptors (Lipinski definition) is 4. The highest BCUT2D eigenvalue weighted by Gasteiger charge is 2.28. The van der Waals surface area contributed by atoms with Crippen LogP contribution < -0.4 is 15.6 Å². The van der Waals surface area contributed by atoms with Crippen molar-refractivity contribution in [2.45, 2.75) is 46.1 Å². The van der Waals surface area contributed by atoms with Gasteiger partial charge in [-0.2, -0.15) is 0 Å². The number of amides is 1. The van der Waals surface area contributed by atoms with Crippen LogP contribution in [0, 0.1) is 5.92 Å². The Bertz CT molecular complexity index is 966. The monoisotopic (exact) mass is 404 g/mol. The third-order valence-corrected chi connectivity index (χ3v) is 5.17. The van der Waals surface area contributed by atoms with Crippen molar-refractivity contribution in [3.63, 3.8) is 0 Å². The molecule has 1 amide bonds. The number of carbonyl (C=O) groups excluding carboxylic acids is 1. The summed E-state index contributed by atoms with van der Waals surface area (Å²) in [6.07, 6.45) is 3.27. The molecule has 6 nitrogen and oxygen atoms in total. The van der Waals surface area contributed by atoms with Gasteiger partial charge in [-0.1, -0.05) is 25.4 Å². The molecule has 0 bridgehead atoms. The van der Waals surface area contributed by atoms with Crippen LogP contribution in [0.2, 0.25) is 5.02 Å². The number of pyridine rings is 1. The molecule has 1 aromatic heterocycles. The predicted molar refractivity (Wildman–Crippen MR) is 110 cm³/mol. The van der Waals surface area contributed by atoms with Gasteiger partial charge in [0.25, 0.3) is 11.5 Å². The fraction of sp³-hybridized carbons (Fsp3) is 0.429. The van der Waals surface area contributed by atoms with Gasteiger partial charge in [0.2, 0.25) is 0 Å². The van der Waals surface area contributed by atoms with Crippen LogP contribution in [0.25, 0.3) is 0 Å². The van der Waals surface area contributed by atoms with Crippen molar-refractivity contribution in [1.29, 1.82) is 0 Å². The number of aromatic nitrogens is 1. The minimum atomic E-state index is -0.672. The van der Waals surface area contributed by atoms with Crippen LogP contribution in [0.1, 0.15) is 48.3 Å². The Hall–Kier alpha value is -2.47. The second-order valence-electron chi connectivity index (χ2n) is 7.46. The highest BCUT2D eigenvalue weighted by molar-refractivity contribution is 6.31. The van der Waals surface area contributed by atoms with Crippen LogP contribution >= 0.6 is 11.6 Å². The number of methoxy groups -OCH3 is 1. The first kappa shape index (κ1) is 20.3. The zero-order valence-corrected chi connectivity index (χ0v) is 17.1. The number of benzene rings is 1. The van der Waals surface area contributed by atoms with E-state index in [1.54, 1.807) is 22.8 Å². The van der Waals surface area contributed by atoms with E-state index in [0.29, 0.717) is 35.0 Å². The fourth-order valence-corrected chi connectivity index (χ4v) is 3.85. The van der Waals surface area contributed by atoms with Gasteiger partial charge in [0, 0.05) is 22.8 Å². The molecule has 0 spiro atoms. The maximum absolute atomic E-state index is 13.1. The normalized spacial score (nSPS) is 13.3. The van der Waals surface area contributed by atoms with Crippen molar-refractivity contribution in [3.8, 4) is 11.5 Å². The van der Waals surface area contributed by atoms with Crippen molar-refractivity contribution in [3.05, 3.63) is 50.4 Å². The number of nitrogens with one attached hydrogen (secondary N) is 1. The number of rotatable bonds is 5. The van der Waals surface area contributed by atoms with Gasteiger partial charge >= 0.3 is 0 Å². The Balaban J connectivity index is 2.10. The average Bonchev–Trinajstić information content (AvgIpc) is 2.65. The summed E-state index contributed by atoms with van der Waals surface area (Å²) in [4.78, 5) is 26.1. The number of ether oxygens (including phenoxy) is 1. The molecule has 0 unspecified atom stereocenters. The minimum Gasteiger partial charge on any atom is -0.507 e. The molecular weight excluding hydrogens is 380 g/mol. The maximum atomic E-state index is 13.1. The van der Waals surface area contributed by atoms with E-state index in [1.807, 2.05) is 13.8 Å². The lowest BCUT2D eigenvalue weighted by Gasteiger charge is -2.24. The summed E-state index contributed by atoms with van der Waals surface area (Å²) in [6, 6.07) is 4.81. The summed E-state index contributed by atoms with van der Waals surface area (Å²) >= 11 is 6.02. The van der Waals surface area contributed by atoms with Gasteiger partial charge in [-0.05, 0) is 49.8 Å². The fourth-order valence-electron chi connectivity index (χ4n) is 3.68. The molecule has 1 aliphatic rings. The Kier molecular flexibility index (Phi) is 5.98. The number of hydrogen-bond donors (Lipinski definition) is 2. The van der Waals surface area contributed by atoms with Crippen LogP contribution in [0.3, 0.4) is 0 Å². The molecule has 2 aromatic rings. The molecule has 0 radical (unpaired) electrons. The van der Waals surface area contributed by atoms with E-state index >= 15 is 0 Å². The van der Waals surface area contributed by atoms with Crippen molar-refractivity contribution in [2.24, 2.45) is 5.92 Å². The summed E-state index contributed by atoms with van der Waals surface area (Å²) in [5.41, 5.74) is 1.19. The molecule has 0 atom stereocenters. The van der Waals surface area contributed by atoms with Gasteiger partial charge in [0.1, 0.15) is 17.1 Å². The number of anilines is 1. The van der Waals surface area contributed by atoms with E-state index in [0.717, 1.165) is 25.0 Å². The Labute approximate surface area is 169 Å². The van der Waals surface area contributed by atoms with Gasteiger partial charge < -0.3 is 19.7 Å². The number of fused-ring (bicyclic) bond motifs is 1. The minimum absolute atomic E-state index is 0.210. The van der Waals surface area contributed by atoms with Gasteiger partial charge in [-0.15, -0.1) is 0 Å². The zero-order chi connectivity index (χ0) is 20.4. The second kappa shape index (κ2) is 8.27. The molecule has 0 saturated heterocycles. The summed E-state index contributed by atoms with van der Waals surface area (Å²) in [5, 5.41) is 13.9. The van der Waals surface area contributed by atoms with Crippen molar-refractivity contribution < 1.29 is 14.6 Å². The Morgan fingerprint density at radius 3 is 2.71 bits per heavy atom. The first-order chi connectivity index (χ1) is 13.3. The van der Waals surface area contributed by atoms with Crippen LogP contribution in [-0.2, 0) is 19.4 Å². The quantitative estimate of drug-likeness (QED) is 0.789. The van der Waals surface area contributed by atoms with E-state index in [1.165, 1.54) is 7.11 Å². The smallest absolute Gasteiger partial charge is 0.267 e. The lowest BCUT2D eigenvalue weighted by molar-refractivity contribution is 0.102. The van der Waals surface area contributed by atoms with Gasteiger partial charge in [-0.25, -0.2) is 0 Å². The molecule has 3 rings (SSSR count). The lowest BCUT2D eigenvalue weighted by Crippen LogP contribution is -2.34. The topological polar surface area (TPSA) is 80.6 Å².